The van der Waals surface area contributed by atoms with E-state index in [1.807, 2.05) is 18.2 Å². The number of carbonyl (C=O) groups is 2. The van der Waals surface area contributed by atoms with Crippen molar-refractivity contribution in [3.63, 3.8) is 0 Å². The molecule has 0 aliphatic carbocycles. The predicted octanol–water partition coefficient (Wildman–Crippen LogP) is 5.18. The normalized spacial score (nSPS) is 10.6. The van der Waals surface area contributed by atoms with Gasteiger partial charge in [0, 0.05) is 35.0 Å². The maximum atomic E-state index is 13.4. The zero-order chi connectivity index (χ0) is 22.4. The van der Waals surface area contributed by atoms with Gasteiger partial charge in [0.15, 0.2) is 0 Å². The van der Waals surface area contributed by atoms with Crippen LogP contribution in [0.5, 0.6) is 0 Å². The average molecular weight is 510 g/mol. The van der Waals surface area contributed by atoms with Crippen molar-refractivity contribution in [1.82, 2.24) is 15.2 Å². The molecular formula is C21H19BrClFN4O3. The van der Waals surface area contributed by atoms with Crippen LogP contribution >= 0.6 is 27.5 Å². The Morgan fingerprint density at radius 3 is 2.84 bits per heavy atom. The molecule has 0 fully saturated rings. The Labute approximate surface area is 191 Å². The van der Waals surface area contributed by atoms with Gasteiger partial charge in [0.1, 0.15) is 18.2 Å². The molecule has 0 aliphatic rings. The minimum absolute atomic E-state index is 0.0201. The number of urea groups is 1. The molecule has 7 nitrogen and oxygen atoms in total. The summed E-state index contributed by atoms with van der Waals surface area (Å²) in [6.45, 7) is 0.213. The van der Waals surface area contributed by atoms with E-state index in [4.69, 9.17) is 16.3 Å². The molecule has 3 aromatic rings. The minimum atomic E-state index is -0.681. The molecule has 2 aromatic carbocycles. The molecule has 31 heavy (non-hydrogen) atoms. The van der Waals surface area contributed by atoms with Crippen molar-refractivity contribution in [2.75, 3.05) is 25.5 Å². The lowest BCUT2D eigenvalue weighted by Crippen LogP contribution is -2.39. The van der Waals surface area contributed by atoms with Crippen LogP contribution in [0.4, 0.5) is 19.8 Å². The van der Waals surface area contributed by atoms with Crippen LogP contribution in [-0.4, -0.2) is 42.2 Å². The summed E-state index contributed by atoms with van der Waals surface area (Å²) in [4.78, 5) is 29.7. The van der Waals surface area contributed by atoms with Gasteiger partial charge in [-0.2, -0.15) is 0 Å². The van der Waals surface area contributed by atoms with Crippen molar-refractivity contribution in [3.8, 4) is 0 Å². The Bertz CT molecular complexity index is 1120. The smallest absolute Gasteiger partial charge is 0.412 e. The van der Waals surface area contributed by atoms with Crippen LogP contribution in [-0.2, 0) is 11.3 Å². The summed E-state index contributed by atoms with van der Waals surface area (Å²) in [7, 11) is 1.55. The average Bonchev–Trinajstić information content (AvgIpc) is 2.75. The first-order valence-electron chi connectivity index (χ1n) is 9.25. The molecule has 162 valence electrons. The van der Waals surface area contributed by atoms with Gasteiger partial charge >= 0.3 is 12.1 Å². The maximum Gasteiger partial charge on any atom is 0.412 e. The van der Waals surface area contributed by atoms with E-state index in [9.17, 15) is 14.0 Å². The number of aromatic nitrogens is 1. The van der Waals surface area contributed by atoms with Gasteiger partial charge in [0.25, 0.3) is 0 Å². The third-order valence-corrected chi connectivity index (χ3v) is 5.52. The minimum Gasteiger partial charge on any atom is -0.447 e. The van der Waals surface area contributed by atoms with E-state index in [0.29, 0.717) is 11.4 Å². The first kappa shape index (κ1) is 22.8. The van der Waals surface area contributed by atoms with E-state index in [2.05, 4.69) is 31.5 Å². The summed E-state index contributed by atoms with van der Waals surface area (Å²) < 4.78 is 19.4. The molecule has 0 saturated heterocycles. The molecule has 0 spiro atoms. The van der Waals surface area contributed by atoms with E-state index in [1.165, 1.54) is 17.0 Å². The van der Waals surface area contributed by atoms with E-state index >= 15 is 0 Å². The van der Waals surface area contributed by atoms with Gasteiger partial charge in [-0.3, -0.25) is 5.32 Å². The van der Waals surface area contributed by atoms with Crippen molar-refractivity contribution in [2.45, 2.75) is 6.54 Å². The van der Waals surface area contributed by atoms with Crippen molar-refractivity contribution in [1.29, 1.82) is 0 Å². The molecular weight excluding hydrogens is 491 g/mol. The number of nitrogens with one attached hydrogen (secondary N) is 2. The van der Waals surface area contributed by atoms with Crippen molar-refractivity contribution in [3.05, 3.63) is 69.5 Å². The summed E-state index contributed by atoms with van der Waals surface area (Å²) in [5.41, 5.74) is 0.466. The van der Waals surface area contributed by atoms with Crippen LogP contribution in [0.15, 0.2) is 53.1 Å². The van der Waals surface area contributed by atoms with E-state index in [0.717, 1.165) is 15.2 Å². The van der Waals surface area contributed by atoms with Crippen LogP contribution < -0.4 is 10.6 Å². The Morgan fingerprint density at radius 2 is 2.03 bits per heavy atom. The highest BCUT2D eigenvalue weighted by molar-refractivity contribution is 9.10. The second-order valence-electron chi connectivity index (χ2n) is 6.58. The molecule has 0 unspecified atom stereocenters. The number of anilines is 1. The molecule has 3 amide bonds. The molecule has 0 bridgehead atoms. The third-order valence-electron chi connectivity index (χ3n) is 4.41. The van der Waals surface area contributed by atoms with Crippen LogP contribution in [0.25, 0.3) is 10.8 Å². The lowest BCUT2D eigenvalue weighted by Gasteiger charge is -2.18. The Morgan fingerprint density at radius 1 is 1.26 bits per heavy atom. The summed E-state index contributed by atoms with van der Waals surface area (Å²) in [6.07, 6.45) is 0.970. The van der Waals surface area contributed by atoms with Crippen LogP contribution in [0.1, 0.15) is 5.56 Å². The number of pyridine rings is 1. The summed E-state index contributed by atoms with van der Waals surface area (Å²) in [5.74, 6) is -0.197. The molecule has 0 aliphatic heterocycles. The van der Waals surface area contributed by atoms with Crippen molar-refractivity contribution in [2.24, 2.45) is 0 Å². The monoisotopic (exact) mass is 508 g/mol. The number of hydrogen-bond acceptors (Lipinski definition) is 4. The topological polar surface area (TPSA) is 83.6 Å². The van der Waals surface area contributed by atoms with E-state index < -0.39 is 17.9 Å². The highest BCUT2D eigenvalue weighted by Gasteiger charge is 2.12. The number of rotatable bonds is 6. The van der Waals surface area contributed by atoms with Crippen LogP contribution in [0.2, 0.25) is 5.02 Å². The van der Waals surface area contributed by atoms with Gasteiger partial charge in [-0.1, -0.05) is 51.8 Å². The Balaban J connectivity index is 1.44. The van der Waals surface area contributed by atoms with Gasteiger partial charge in [-0.25, -0.2) is 19.0 Å². The van der Waals surface area contributed by atoms with E-state index in [-0.39, 0.29) is 24.7 Å². The molecule has 10 heteroatoms. The molecule has 1 aromatic heterocycles. The lowest BCUT2D eigenvalue weighted by atomic mass is 10.2. The van der Waals surface area contributed by atoms with Crippen LogP contribution in [0, 0.1) is 5.82 Å². The number of halogens is 3. The van der Waals surface area contributed by atoms with Crippen LogP contribution in [0.3, 0.4) is 0 Å². The zero-order valence-corrected chi connectivity index (χ0v) is 18.8. The quantitative estimate of drug-likeness (QED) is 0.480. The second-order valence-corrected chi connectivity index (χ2v) is 7.82. The van der Waals surface area contributed by atoms with Gasteiger partial charge in [-0.15, -0.1) is 0 Å². The predicted molar refractivity (Wildman–Crippen MR) is 121 cm³/mol. The molecule has 0 atom stereocenters. The zero-order valence-electron chi connectivity index (χ0n) is 16.5. The number of hydrogen-bond donors (Lipinski definition) is 2. The first-order chi connectivity index (χ1) is 14.8. The summed E-state index contributed by atoms with van der Waals surface area (Å²) in [5, 5.41) is 7.00. The highest BCUT2D eigenvalue weighted by Crippen LogP contribution is 2.25. The Kier molecular flexibility index (Phi) is 7.64. The standard InChI is InChI=1S/C21H19BrClFN4O3/c1-28(20(29)26-12-14-5-3-7-17(24)19(14)23)8-9-31-21(30)27-18-10-15-13(11-25-18)4-2-6-16(15)22/h2-7,10-11H,8-9,12H2,1H3,(H,26,29)(H,25,27,30). The lowest BCUT2D eigenvalue weighted by molar-refractivity contribution is 0.146. The summed E-state index contributed by atoms with van der Waals surface area (Å²) >= 11 is 9.33. The van der Waals surface area contributed by atoms with Crippen molar-refractivity contribution < 1.29 is 18.7 Å². The number of benzene rings is 2. The van der Waals surface area contributed by atoms with E-state index in [1.54, 1.807) is 25.4 Å². The van der Waals surface area contributed by atoms with Gasteiger partial charge in [0.2, 0.25) is 0 Å². The number of amides is 3. The number of likely N-dealkylation sites (N-methyl/N-ethyl adjacent to an activating group) is 1. The first-order valence-corrected chi connectivity index (χ1v) is 10.4. The number of fused-ring (bicyclic) bond motifs is 1. The molecule has 3 rings (SSSR count). The molecule has 1 heterocycles. The third kappa shape index (κ3) is 6.05. The maximum absolute atomic E-state index is 13.4. The number of nitrogens with zero attached hydrogens (tertiary/aromatic N) is 2. The molecule has 0 radical (unpaired) electrons. The highest BCUT2D eigenvalue weighted by atomic mass is 79.9. The van der Waals surface area contributed by atoms with Gasteiger partial charge in [0.05, 0.1) is 11.6 Å². The SMILES string of the molecule is CN(CCOC(=O)Nc1cc2c(Br)cccc2cn1)C(=O)NCc1cccc(F)c1Cl. The Hall–Kier alpha value is -2.91. The molecule has 2 N–H and O–H groups in total. The fourth-order valence-electron chi connectivity index (χ4n) is 2.71. The second kappa shape index (κ2) is 10.4. The van der Waals surface area contributed by atoms with Gasteiger partial charge < -0.3 is 15.0 Å². The van der Waals surface area contributed by atoms with Crippen molar-refractivity contribution >= 4 is 56.2 Å². The fourth-order valence-corrected chi connectivity index (χ4v) is 3.40. The van der Waals surface area contributed by atoms with Gasteiger partial charge in [-0.05, 0) is 23.8 Å². The fraction of sp³-hybridized carbons (Fsp3) is 0.190. The molecule has 0 saturated carbocycles. The largest absolute Gasteiger partial charge is 0.447 e. The number of ether oxygens (including phenoxy) is 1. The number of carbonyl (C=O) groups excluding carboxylic acids is 2. The summed E-state index contributed by atoms with van der Waals surface area (Å²) in [6, 6.07) is 11.4.